The number of hydrogen-bond acceptors (Lipinski definition) is 5. The molecule has 0 spiro atoms. The molecule has 0 aromatic heterocycles. The van der Waals surface area contributed by atoms with Gasteiger partial charge >= 0.3 is 0 Å². The maximum absolute atomic E-state index is 12.5. The molecule has 0 bridgehead atoms. The first-order valence-corrected chi connectivity index (χ1v) is 7.19. The van der Waals surface area contributed by atoms with Crippen molar-refractivity contribution in [3.05, 3.63) is 0 Å². The van der Waals surface area contributed by atoms with Gasteiger partial charge in [-0.15, -0.1) is 0 Å². The van der Waals surface area contributed by atoms with Gasteiger partial charge in [0.2, 0.25) is 11.8 Å². The Morgan fingerprint density at radius 1 is 1.30 bits per heavy atom. The Balaban J connectivity index is 2.02. The fraction of sp³-hybridized carbons (Fsp3) is 0.846. The summed E-state index contributed by atoms with van der Waals surface area (Å²) in [5.41, 5.74) is 0. The van der Waals surface area contributed by atoms with Crippen LogP contribution in [0, 0.1) is 0 Å². The van der Waals surface area contributed by atoms with Crippen LogP contribution in [0.5, 0.6) is 0 Å². The van der Waals surface area contributed by atoms with Gasteiger partial charge in [-0.25, -0.2) is 0 Å². The average molecular weight is 284 g/mol. The lowest BCUT2D eigenvalue weighted by molar-refractivity contribution is -0.143. The fourth-order valence-electron chi connectivity index (χ4n) is 2.78. The summed E-state index contributed by atoms with van der Waals surface area (Å²) >= 11 is 0. The van der Waals surface area contributed by atoms with Gasteiger partial charge in [-0.3, -0.25) is 14.5 Å². The number of hydrogen-bond donors (Lipinski definition) is 2. The van der Waals surface area contributed by atoms with Gasteiger partial charge in [0.15, 0.2) is 0 Å². The molecule has 2 N–H and O–H groups in total. The normalized spacial score (nSPS) is 26.1. The summed E-state index contributed by atoms with van der Waals surface area (Å²) in [6, 6.07) is -0.564. The Labute approximate surface area is 119 Å². The van der Waals surface area contributed by atoms with Crippen molar-refractivity contribution < 1.29 is 14.3 Å². The van der Waals surface area contributed by atoms with Crippen LogP contribution in [0.2, 0.25) is 0 Å². The third-order valence-corrected chi connectivity index (χ3v) is 4.01. The van der Waals surface area contributed by atoms with E-state index in [4.69, 9.17) is 4.74 Å². The van der Waals surface area contributed by atoms with Gasteiger partial charge < -0.3 is 20.3 Å². The molecule has 114 valence electrons. The van der Waals surface area contributed by atoms with E-state index >= 15 is 0 Å². The molecule has 2 atom stereocenters. The Morgan fingerprint density at radius 2 is 2.00 bits per heavy atom. The molecule has 0 aromatic carbocycles. The molecule has 2 rings (SSSR count). The summed E-state index contributed by atoms with van der Waals surface area (Å²) in [6.45, 7) is 6.45. The summed E-state index contributed by atoms with van der Waals surface area (Å²) in [4.78, 5) is 28.3. The Hall–Kier alpha value is -1.18. The molecular formula is C13H24N4O3. The van der Waals surface area contributed by atoms with Crippen LogP contribution >= 0.6 is 0 Å². The number of morpholine rings is 1. The van der Waals surface area contributed by atoms with E-state index in [0.29, 0.717) is 39.4 Å². The molecule has 2 heterocycles. The zero-order valence-corrected chi connectivity index (χ0v) is 12.2. The monoisotopic (exact) mass is 284 g/mol. The van der Waals surface area contributed by atoms with E-state index in [1.165, 1.54) is 0 Å². The highest BCUT2D eigenvalue weighted by Crippen LogP contribution is 2.12. The molecule has 2 unspecified atom stereocenters. The summed E-state index contributed by atoms with van der Waals surface area (Å²) in [7, 11) is 1.63. The maximum Gasteiger partial charge on any atom is 0.239 e. The van der Waals surface area contributed by atoms with Gasteiger partial charge in [0.1, 0.15) is 6.04 Å². The first kappa shape index (κ1) is 15.2. The van der Waals surface area contributed by atoms with Gasteiger partial charge in [-0.2, -0.15) is 0 Å². The Kier molecular flexibility index (Phi) is 5.33. The van der Waals surface area contributed by atoms with E-state index in [1.54, 1.807) is 7.05 Å². The van der Waals surface area contributed by atoms with Crippen LogP contribution in [0.25, 0.3) is 0 Å². The second-order valence-electron chi connectivity index (χ2n) is 5.19. The number of carbonyl (C=O) groups is 2. The average Bonchev–Trinajstić information content (AvgIpc) is 2.53. The largest absolute Gasteiger partial charge is 0.378 e. The third kappa shape index (κ3) is 3.28. The molecule has 2 saturated heterocycles. The van der Waals surface area contributed by atoms with Crippen molar-refractivity contribution in [3.8, 4) is 0 Å². The molecule has 2 aliphatic heterocycles. The number of nitrogens with zero attached hydrogens (tertiary/aromatic N) is 2. The predicted octanol–water partition coefficient (Wildman–Crippen LogP) is -1.75. The van der Waals surface area contributed by atoms with Crippen LogP contribution in [0.15, 0.2) is 0 Å². The van der Waals surface area contributed by atoms with Gasteiger partial charge in [-0.05, 0) is 6.92 Å². The van der Waals surface area contributed by atoms with E-state index < -0.39 is 0 Å². The van der Waals surface area contributed by atoms with E-state index in [2.05, 4.69) is 10.6 Å². The van der Waals surface area contributed by atoms with Crippen molar-refractivity contribution in [2.45, 2.75) is 19.0 Å². The van der Waals surface area contributed by atoms with Crippen molar-refractivity contribution in [1.29, 1.82) is 0 Å². The van der Waals surface area contributed by atoms with Crippen molar-refractivity contribution >= 4 is 11.8 Å². The highest BCUT2D eigenvalue weighted by Gasteiger charge is 2.35. The highest BCUT2D eigenvalue weighted by molar-refractivity contribution is 5.85. The summed E-state index contributed by atoms with van der Waals surface area (Å²) < 4.78 is 5.27. The van der Waals surface area contributed by atoms with Crippen LogP contribution in [0.3, 0.4) is 0 Å². The van der Waals surface area contributed by atoms with Crippen LogP contribution in [-0.4, -0.2) is 86.7 Å². The molecule has 20 heavy (non-hydrogen) atoms. The third-order valence-electron chi connectivity index (χ3n) is 4.01. The van der Waals surface area contributed by atoms with E-state index in [1.807, 2.05) is 16.7 Å². The zero-order valence-electron chi connectivity index (χ0n) is 12.2. The number of piperazine rings is 1. The quantitative estimate of drug-likeness (QED) is 0.643. The van der Waals surface area contributed by atoms with Gasteiger partial charge in [-0.1, -0.05) is 0 Å². The summed E-state index contributed by atoms with van der Waals surface area (Å²) in [5, 5.41) is 5.88. The summed E-state index contributed by atoms with van der Waals surface area (Å²) in [6.07, 6.45) is 0. The van der Waals surface area contributed by atoms with Crippen LogP contribution in [0.4, 0.5) is 0 Å². The SMILES string of the molecule is CNC(=O)C1CNCCN1C(C)C(=O)N1CCOCC1. The second-order valence-corrected chi connectivity index (χ2v) is 5.19. The second kappa shape index (κ2) is 7.01. The van der Waals surface area contributed by atoms with Crippen molar-refractivity contribution in [2.75, 3.05) is 53.0 Å². The molecule has 7 nitrogen and oxygen atoms in total. The molecule has 2 amide bonds. The first-order chi connectivity index (χ1) is 9.65. The number of ether oxygens (including phenoxy) is 1. The molecule has 2 fully saturated rings. The summed E-state index contributed by atoms with van der Waals surface area (Å²) in [5.74, 6) is 0.0444. The number of rotatable bonds is 3. The van der Waals surface area contributed by atoms with Crippen molar-refractivity contribution in [1.82, 2.24) is 20.4 Å². The Bertz CT molecular complexity index is 358. The molecule has 2 aliphatic rings. The van der Waals surface area contributed by atoms with Crippen LogP contribution < -0.4 is 10.6 Å². The first-order valence-electron chi connectivity index (χ1n) is 7.19. The van der Waals surface area contributed by atoms with Crippen LogP contribution in [-0.2, 0) is 14.3 Å². The predicted molar refractivity (Wildman–Crippen MR) is 74.3 cm³/mol. The topological polar surface area (TPSA) is 73.9 Å². The smallest absolute Gasteiger partial charge is 0.239 e. The minimum atomic E-state index is -0.284. The lowest BCUT2D eigenvalue weighted by Crippen LogP contribution is -2.63. The fourth-order valence-corrected chi connectivity index (χ4v) is 2.78. The highest BCUT2D eigenvalue weighted by atomic mass is 16.5. The van der Waals surface area contributed by atoms with Gasteiger partial charge in [0, 0.05) is 39.8 Å². The lowest BCUT2D eigenvalue weighted by atomic mass is 10.1. The minimum Gasteiger partial charge on any atom is -0.378 e. The zero-order chi connectivity index (χ0) is 14.5. The molecule has 0 saturated carbocycles. The molecule has 0 aromatic rings. The number of nitrogens with one attached hydrogen (secondary N) is 2. The lowest BCUT2D eigenvalue weighted by Gasteiger charge is -2.40. The Morgan fingerprint density at radius 3 is 2.65 bits per heavy atom. The maximum atomic E-state index is 12.5. The van der Waals surface area contributed by atoms with Crippen molar-refractivity contribution in [3.63, 3.8) is 0 Å². The minimum absolute atomic E-state index is 0.0428. The molecule has 0 radical (unpaired) electrons. The van der Waals surface area contributed by atoms with Gasteiger partial charge in [0.05, 0.1) is 19.3 Å². The van der Waals surface area contributed by atoms with Crippen molar-refractivity contribution in [2.24, 2.45) is 0 Å². The number of likely N-dealkylation sites (N-methyl/N-ethyl adjacent to an activating group) is 1. The molecule has 7 heteroatoms. The molecule has 0 aliphatic carbocycles. The van der Waals surface area contributed by atoms with E-state index in [-0.39, 0.29) is 23.9 Å². The number of amides is 2. The van der Waals surface area contributed by atoms with E-state index in [0.717, 1.165) is 6.54 Å². The standard InChI is InChI=1S/C13H24N4O3/c1-10(13(19)16-5-7-20-8-6-16)17-4-3-15-9-11(17)12(18)14-2/h10-11,15H,3-9H2,1-2H3,(H,14,18). The number of carbonyl (C=O) groups excluding carboxylic acids is 2. The van der Waals surface area contributed by atoms with Crippen LogP contribution in [0.1, 0.15) is 6.92 Å². The van der Waals surface area contributed by atoms with Gasteiger partial charge in [0.25, 0.3) is 0 Å². The molecular weight excluding hydrogens is 260 g/mol. The van der Waals surface area contributed by atoms with E-state index in [9.17, 15) is 9.59 Å².